The highest BCUT2D eigenvalue weighted by Crippen LogP contribution is 2.23. The molecule has 0 saturated heterocycles. The molecule has 0 unspecified atom stereocenters. The summed E-state index contributed by atoms with van der Waals surface area (Å²) in [6.45, 7) is 6.58. The number of carbonyl (C=O) groups is 1. The largest absolute Gasteiger partial charge is 0.478 e. The highest BCUT2D eigenvalue weighted by atomic mass is 16.4. The first-order valence-electron chi connectivity index (χ1n) is 6.76. The van der Waals surface area contributed by atoms with Crippen molar-refractivity contribution in [3.63, 3.8) is 0 Å². The van der Waals surface area contributed by atoms with Crippen LogP contribution >= 0.6 is 0 Å². The van der Waals surface area contributed by atoms with Crippen LogP contribution in [0.1, 0.15) is 34.2 Å². The van der Waals surface area contributed by atoms with Gasteiger partial charge in [-0.2, -0.15) is 5.10 Å². The summed E-state index contributed by atoms with van der Waals surface area (Å²) in [7, 11) is 0. The lowest BCUT2D eigenvalue weighted by molar-refractivity contribution is 0.0696. The van der Waals surface area contributed by atoms with Gasteiger partial charge in [0.25, 0.3) is 0 Å². The van der Waals surface area contributed by atoms with Gasteiger partial charge in [-0.05, 0) is 38.5 Å². The van der Waals surface area contributed by atoms with Gasteiger partial charge in [-0.15, -0.1) is 5.10 Å². The van der Waals surface area contributed by atoms with Crippen LogP contribution in [0.4, 0.5) is 5.82 Å². The average Bonchev–Trinajstić information content (AvgIpc) is 2.48. The number of carboxylic acids is 1. The van der Waals surface area contributed by atoms with Crippen molar-refractivity contribution in [2.75, 3.05) is 11.4 Å². The molecule has 0 fully saturated rings. The molecule has 0 radical (unpaired) electrons. The first kappa shape index (κ1) is 14.9. The van der Waals surface area contributed by atoms with Crippen LogP contribution in [0.2, 0.25) is 0 Å². The van der Waals surface area contributed by atoms with Crippen molar-refractivity contribution >= 4 is 11.8 Å². The van der Waals surface area contributed by atoms with E-state index in [-0.39, 0.29) is 5.56 Å². The van der Waals surface area contributed by atoms with E-state index in [2.05, 4.69) is 15.2 Å². The summed E-state index contributed by atoms with van der Waals surface area (Å²) in [4.78, 5) is 17.7. The summed E-state index contributed by atoms with van der Waals surface area (Å²) >= 11 is 0. The number of hydrogen-bond donors (Lipinski definition) is 1. The van der Waals surface area contributed by atoms with Crippen LogP contribution in [0.3, 0.4) is 0 Å². The maximum absolute atomic E-state index is 11.6. The Kier molecular flexibility index (Phi) is 4.47. The van der Waals surface area contributed by atoms with Crippen molar-refractivity contribution < 1.29 is 9.90 Å². The van der Waals surface area contributed by atoms with Crippen LogP contribution in [0.5, 0.6) is 0 Å². The van der Waals surface area contributed by atoms with E-state index in [9.17, 15) is 9.90 Å². The van der Waals surface area contributed by atoms with Gasteiger partial charge in [-0.1, -0.05) is 6.07 Å². The van der Waals surface area contributed by atoms with E-state index in [0.717, 1.165) is 5.69 Å². The summed E-state index contributed by atoms with van der Waals surface area (Å²) < 4.78 is 0. The molecule has 21 heavy (non-hydrogen) atoms. The average molecular weight is 286 g/mol. The van der Waals surface area contributed by atoms with E-state index >= 15 is 0 Å². The Morgan fingerprint density at radius 3 is 2.62 bits per heavy atom. The van der Waals surface area contributed by atoms with Gasteiger partial charge < -0.3 is 10.0 Å². The Bertz CT molecular complexity index is 644. The molecule has 0 atom stereocenters. The smallest absolute Gasteiger partial charge is 0.339 e. The lowest BCUT2D eigenvalue weighted by atomic mass is 10.1. The molecule has 2 aromatic rings. The minimum Gasteiger partial charge on any atom is -0.478 e. The summed E-state index contributed by atoms with van der Waals surface area (Å²) in [5, 5.41) is 17.6. The second kappa shape index (κ2) is 6.30. The quantitative estimate of drug-likeness (QED) is 0.907. The second-order valence-electron chi connectivity index (χ2n) is 4.75. The molecule has 0 saturated carbocycles. The minimum absolute atomic E-state index is 0.209. The van der Waals surface area contributed by atoms with Gasteiger partial charge in [0.05, 0.1) is 17.9 Å². The number of anilines is 1. The Labute approximate surface area is 123 Å². The molecule has 0 aliphatic rings. The number of rotatable bonds is 5. The lowest BCUT2D eigenvalue weighted by Crippen LogP contribution is -2.27. The number of aromatic carboxylic acids is 1. The molecule has 2 heterocycles. The van der Waals surface area contributed by atoms with Gasteiger partial charge in [0, 0.05) is 12.7 Å². The number of aryl methyl sites for hydroxylation is 1. The first-order valence-corrected chi connectivity index (χ1v) is 6.76. The fourth-order valence-corrected chi connectivity index (χ4v) is 2.10. The summed E-state index contributed by atoms with van der Waals surface area (Å²) in [6.07, 6.45) is 1.72. The zero-order valence-corrected chi connectivity index (χ0v) is 12.4. The molecule has 0 aromatic carbocycles. The number of carboxylic acid groups (broad SMARTS) is 1. The number of nitrogens with zero attached hydrogens (tertiary/aromatic N) is 4. The minimum atomic E-state index is -0.986. The monoisotopic (exact) mass is 286 g/mol. The van der Waals surface area contributed by atoms with E-state index in [4.69, 9.17) is 0 Å². The van der Waals surface area contributed by atoms with Crippen molar-refractivity contribution in [1.82, 2.24) is 15.2 Å². The summed E-state index contributed by atoms with van der Waals surface area (Å²) in [6, 6.07) is 5.65. The van der Waals surface area contributed by atoms with Crippen LogP contribution in [0.15, 0.2) is 24.4 Å². The molecule has 110 valence electrons. The van der Waals surface area contributed by atoms with Crippen LogP contribution in [0, 0.1) is 13.8 Å². The molecular weight excluding hydrogens is 268 g/mol. The van der Waals surface area contributed by atoms with Crippen LogP contribution in [-0.2, 0) is 6.54 Å². The molecular formula is C15H18N4O2. The SMILES string of the molecule is CCN(Cc1ccccn1)c1nnc(C)c(C)c1C(=O)O. The van der Waals surface area contributed by atoms with E-state index in [1.54, 1.807) is 20.0 Å². The molecule has 2 rings (SSSR count). The third-order valence-electron chi connectivity index (χ3n) is 3.41. The summed E-state index contributed by atoms with van der Waals surface area (Å²) in [5.74, 6) is -0.598. The predicted octanol–water partition coefficient (Wildman–Crippen LogP) is 2.21. The van der Waals surface area contributed by atoms with Crippen molar-refractivity contribution in [3.05, 3.63) is 46.9 Å². The Hall–Kier alpha value is -2.50. The molecule has 0 aliphatic carbocycles. The van der Waals surface area contributed by atoms with E-state index in [1.165, 1.54) is 0 Å². The topological polar surface area (TPSA) is 79.2 Å². The predicted molar refractivity (Wildman–Crippen MR) is 79.4 cm³/mol. The van der Waals surface area contributed by atoms with Crippen molar-refractivity contribution in [3.8, 4) is 0 Å². The molecule has 6 nitrogen and oxygen atoms in total. The van der Waals surface area contributed by atoms with Gasteiger partial charge in [0.2, 0.25) is 0 Å². The van der Waals surface area contributed by atoms with Crippen LogP contribution < -0.4 is 4.90 Å². The zero-order chi connectivity index (χ0) is 15.4. The third kappa shape index (κ3) is 3.16. The molecule has 0 aliphatic heterocycles. The fourth-order valence-electron chi connectivity index (χ4n) is 2.10. The van der Waals surface area contributed by atoms with Gasteiger partial charge in [-0.3, -0.25) is 4.98 Å². The number of aromatic nitrogens is 3. The van der Waals surface area contributed by atoms with Gasteiger partial charge in [0.1, 0.15) is 5.56 Å². The number of pyridine rings is 1. The number of hydrogen-bond acceptors (Lipinski definition) is 5. The highest BCUT2D eigenvalue weighted by Gasteiger charge is 2.21. The molecule has 0 spiro atoms. The molecule has 0 bridgehead atoms. The maximum atomic E-state index is 11.6. The van der Waals surface area contributed by atoms with E-state index in [1.807, 2.05) is 30.0 Å². The van der Waals surface area contributed by atoms with Crippen molar-refractivity contribution in [2.24, 2.45) is 0 Å². The Balaban J connectivity index is 2.43. The van der Waals surface area contributed by atoms with Crippen LogP contribution in [0.25, 0.3) is 0 Å². The maximum Gasteiger partial charge on any atom is 0.339 e. The lowest BCUT2D eigenvalue weighted by Gasteiger charge is -2.23. The Morgan fingerprint density at radius 2 is 2.05 bits per heavy atom. The molecule has 6 heteroatoms. The zero-order valence-electron chi connectivity index (χ0n) is 12.4. The van der Waals surface area contributed by atoms with Crippen molar-refractivity contribution in [1.29, 1.82) is 0 Å². The van der Waals surface area contributed by atoms with Crippen LogP contribution in [-0.4, -0.2) is 32.8 Å². The van der Waals surface area contributed by atoms with E-state index in [0.29, 0.717) is 30.2 Å². The fraction of sp³-hybridized carbons (Fsp3) is 0.333. The Morgan fingerprint density at radius 1 is 1.29 bits per heavy atom. The standard InChI is InChI=1S/C15H18N4O2/c1-4-19(9-12-7-5-6-8-16-12)14-13(15(20)21)10(2)11(3)17-18-14/h5-8H,4,9H2,1-3H3,(H,20,21). The van der Waals surface area contributed by atoms with Gasteiger partial charge >= 0.3 is 5.97 Å². The molecule has 1 N–H and O–H groups in total. The van der Waals surface area contributed by atoms with Crippen molar-refractivity contribution in [2.45, 2.75) is 27.3 Å². The third-order valence-corrected chi connectivity index (χ3v) is 3.41. The summed E-state index contributed by atoms with van der Waals surface area (Å²) in [5.41, 5.74) is 2.34. The van der Waals surface area contributed by atoms with Gasteiger partial charge in [0.15, 0.2) is 5.82 Å². The highest BCUT2D eigenvalue weighted by molar-refractivity contribution is 5.95. The first-order chi connectivity index (χ1) is 10.0. The van der Waals surface area contributed by atoms with Gasteiger partial charge in [-0.25, -0.2) is 4.79 Å². The molecule has 2 aromatic heterocycles. The normalized spacial score (nSPS) is 10.4. The van der Waals surface area contributed by atoms with E-state index < -0.39 is 5.97 Å². The second-order valence-corrected chi connectivity index (χ2v) is 4.75. The molecule has 0 amide bonds.